The molecule has 9 heteroatoms. The highest BCUT2D eigenvalue weighted by Crippen LogP contribution is 2.33. The summed E-state index contributed by atoms with van der Waals surface area (Å²) in [7, 11) is 4.74. The van der Waals surface area contributed by atoms with E-state index in [1.54, 1.807) is 48.3 Å². The second-order valence-corrected chi connectivity index (χ2v) is 6.70. The molecule has 32 heavy (non-hydrogen) atoms. The number of hydrogen-bond acceptors (Lipinski definition) is 5. The van der Waals surface area contributed by atoms with Gasteiger partial charge in [-0.1, -0.05) is 24.3 Å². The Morgan fingerprint density at radius 2 is 1.88 bits per heavy atom. The van der Waals surface area contributed by atoms with Gasteiger partial charge in [-0.05, 0) is 29.8 Å². The number of carbonyl (C=O) groups excluding carboxylic acids is 1. The quantitative estimate of drug-likeness (QED) is 0.507. The van der Waals surface area contributed by atoms with Gasteiger partial charge in [-0.25, -0.2) is 4.98 Å². The van der Waals surface area contributed by atoms with E-state index in [0.29, 0.717) is 11.6 Å². The predicted molar refractivity (Wildman–Crippen MR) is 115 cm³/mol. The Kier molecular flexibility index (Phi) is 7.43. The van der Waals surface area contributed by atoms with Gasteiger partial charge < -0.3 is 24.1 Å². The summed E-state index contributed by atoms with van der Waals surface area (Å²) < 4.78 is 42.3. The van der Waals surface area contributed by atoms with Crippen LogP contribution >= 0.6 is 0 Å². The fourth-order valence-electron chi connectivity index (χ4n) is 3.14. The Labute approximate surface area is 184 Å². The zero-order valence-electron chi connectivity index (χ0n) is 17.8. The van der Waals surface area contributed by atoms with Gasteiger partial charge in [0.1, 0.15) is 17.6 Å². The van der Waals surface area contributed by atoms with Crippen molar-refractivity contribution in [3.63, 3.8) is 0 Å². The maximum Gasteiger partial charge on any atom is 0.387 e. The molecule has 3 rings (SSSR count). The highest BCUT2D eigenvalue weighted by molar-refractivity contribution is 5.92. The number of carbonyl (C=O) groups is 1. The first-order valence-electron chi connectivity index (χ1n) is 9.64. The largest absolute Gasteiger partial charge is 0.497 e. The number of ether oxygens (including phenoxy) is 3. The Bertz CT molecular complexity index is 1080. The molecule has 0 saturated carbocycles. The van der Waals surface area contributed by atoms with Crippen LogP contribution < -0.4 is 19.5 Å². The van der Waals surface area contributed by atoms with Crippen LogP contribution in [0.25, 0.3) is 6.08 Å². The van der Waals surface area contributed by atoms with Gasteiger partial charge in [0.25, 0.3) is 0 Å². The van der Waals surface area contributed by atoms with E-state index in [2.05, 4.69) is 15.0 Å². The van der Waals surface area contributed by atoms with Crippen LogP contribution in [0.15, 0.2) is 60.9 Å². The average Bonchev–Trinajstić information content (AvgIpc) is 3.22. The maximum atomic E-state index is 12.8. The lowest BCUT2D eigenvalue weighted by molar-refractivity contribution is -0.117. The van der Waals surface area contributed by atoms with Gasteiger partial charge in [-0.3, -0.25) is 4.79 Å². The van der Waals surface area contributed by atoms with Crippen molar-refractivity contribution in [2.45, 2.75) is 12.7 Å². The minimum Gasteiger partial charge on any atom is -0.497 e. The molecule has 168 valence electrons. The lowest BCUT2D eigenvalue weighted by Gasteiger charge is -2.18. The monoisotopic (exact) mass is 443 g/mol. The molecule has 0 bridgehead atoms. The molecule has 3 aromatic rings. The van der Waals surface area contributed by atoms with Gasteiger partial charge in [-0.15, -0.1) is 0 Å². The Hall–Kier alpha value is -3.88. The molecule has 1 N–H and O–H groups in total. The minimum atomic E-state index is -3.03. The van der Waals surface area contributed by atoms with Gasteiger partial charge >= 0.3 is 6.61 Å². The molecule has 0 aliphatic heterocycles. The normalized spacial score (nSPS) is 12.1. The number of para-hydroxylation sites is 1. The summed E-state index contributed by atoms with van der Waals surface area (Å²) in [5.41, 5.74) is 1.07. The number of hydrogen-bond donors (Lipinski definition) is 1. The van der Waals surface area contributed by atoms with Crippen LogP contribution in [0, 0.1) is 0 Å². The minimum absolute atomic E-state index is 0.136. The number of nitrogens with one attached hydrogen (secondary N) is 1. The zero-order valence-corrected chi connectivity index (χ0v) is 17.8. The summed E-state index contributed by atoms with van der Waals surface area (Å²) in [5.74, 6) is 0.852. The number of rotatable bonds is 9. The topological polar surface area (TPSA) is 74.6 Å². The van der Waals surface area contributed by atoms with E-state index in [1.807, 2.05) is 19.2 Å². The number of methoxy groups -OCH3 is 2. The highest BCUT2D eigenvalue weighted by atomic mass is 19.3. The van der Waals surface area contributed by atoms with E-state index >= 15 is 0 Å². The van der Waals surface area contributed by atoms with Gasteiger partial charge in [0.2, 0.25) is 5.91 Å². The molecule has 7 nitrogen and oxygen atoms in total. The molecule has 1 unspecified atom stereocenters. The van der Waals surface area contributed by atoms with Crippen molar-refractivity contribution in [2.75, 3.05) is 14.2 Å². The first-order chi connectivity index (χ1) is 15.4. The van der Waals surface area contributed by atoms with Crippen LogP contribution in [0.2, 0.25) is 0 Å². The number of aromatic nitrogens is 2. The number of imidazole rings is 1. The second kappa shape index (κ2) is 10.4. The van der Waals surface area contributed by atoms with E-state index in [1.165, 1.54) is 25.3 Å². The number of aryl methyl sites for hydroxylation is 1. The lowest BCUT2D eigenvalue weighted by Crippen LogP contribution is -2.29. The summed E-state index contributed by atoms with van der Waals surface area (Å²) in [6.45, 7) is -3.03. The van der Waals surface area contributed by atoms with Crippen LogP contribution in [-0.2, 0) is 11.8 Å². The summed E-state index contributed by atoms with van der Waals surface area (Å²) in [6, 6.07) is 11.4. The first kappa shape index (κ1) is 22.8. The standard InChI is InChI=1S/C23H23F2N3O4/c1-28-14-13-26-22(28)20(15-7-10-17(30-2)11-8-15)27-19(29)12-9-16-5-4-6-18(31-3)21(16)32-23(24)25/h4-14,20,23H,1-3H3,(H,27,29)/b12-9+. The summed E-state index contributed by atoms with van der Waals surface area (Å²) in [6.07, 6.45) is 6.04. The van der Waals surface area contributed by atoms with E-state index in [4.69, 9.17) is 9.47 Å². The van der Waals surface area contributed by atoms with Gasteiger partial charge in [0, 0.05) is 31.1 Å². The van der Waals surface area contributed by atoms with E-state index < -0.39 is 18.6 Å². The molecular formula is C23H23F2N3O4. The van der Waals surface area contributed by atoms with E-state index in [9.17, 15) is 13.6 Å². The average molecular weight is 443 g/mol. The van der Waals surface area contributed by atoms with Crippen molar-refractivity contribution in [2.24, 2.45) is 7.05 Å². The summed E-state index contributed by atoms with van der Waals surface area (Å²) >= 11 is 0. The zero-order chi connectivity index (χ0) is 23.1. The van der Waals surface area contributed by atoms with Gasteiger partial charge in [0.05, 0.1) is 14.2 Å². The van der Waals surface area contributed by atoms with Gasteiger partial charge in [-0.2, -0.15) is 8.78 Å². The second-order valence-electron chi connectivity index (χ2n) is 6.70. The Balaban J connectivity index is 1.86. The van der Waals surface area contributed by atoms with Crippen LogP contribution in [0.1, 0.15) is 23.0 Å². The highest BCUT2D eigenvalue weighted by Gasteiger charge is 2.20. The Morgan fingerprint density at radius 1 is 1.12 bits per heavy atom. The fraction of sp³-hybridized carbons (Fsp3) is 0.217. The van der Waals surface area contributed by atoms with Crippen LogP contribution in [0.4, 0.5) is 8.78 Å². The SMILES string of the molecule is COc1ccc(C(NC(=O)/C=C/c2cccc(OC)c2OC(F)F)c2nccn2C)cc1. The molecule has 1 heterocycles. The number of alkyl halides is 2. The van der Waals surface area contributed by atoms with Crippen molar-refractivity contribution in [1.82, 2.24) is 14.9 Å². The number of nitrogens with zero attached hydrogens (tertiary/aromatic N) is 2. The first-order valence-corrected chi connectivity index (χ1v) is 9.64. The number of benzene rings is 2. The van der Waals surface area contributed by atoms with E-state index in [-0.39, 0.29) is 17.1 Å². The molecule has 0 aliphatic rings. The smallest absolute Gasteiger partial charge is 0.387 e. The van der Waals surface area contributed by atoms with Crippen LogP contribution in [0.3, 0.4) is 0 Å². The number of amides is 1. The van der Waals surface area contributed by atoms with E-state index in [0.717, 1.165) is 5.56 Å². The lowest BCUT2D eigenvalue weighted by atomic mass is 10.1. The summed E-state index contributed by atoms with van der Waals surface area (Å²) in [5, 5.41) is 2.90. The van der Waals surface area contributed by atoms with Crippen LogP contribution in [0.5, 0.6) is 17.2 Å². The Morgan fingerprint density at radius 3 is 2.47 bits per heavy atom. The molecule has 1 aromatic heterocycles. The molecule has 0 spiro atoms. The van der Waals surface area contributed by atoms with Crippen molar-refractivity contribution in [3.8, 4) is 17.2 Å². The van der Waals surface area contributed by atoms with Crippen molar-refractivity contribution < 1.29 is 27.8 Å². The third-order valence-electron chi connectivity index (χ3n) is 4.70. The maximum absolute atomic E-state index is 12.8. The van der Waals surface area contributed by atoms with Crippen molar-refractivity contribution >= 4 is 12.0 Å². The molecule has 0 aliphatic carbocycles. The van der Waals surface area contributed by atoms with Crippen molar-refractivity contribution in [1.29, 1.82) is 0 Å². The molecular weight excluding hydrogens is 420 g/mol. The molecule has 0 fully saturated rings. The molecule has 2 aromatic carbocycles. The van der Waals surface area contributed by atoms with Crippen LogP contribution in [-0.4, -0.2) is 36.3 Å². The third-order valence-corrected chi connectivity index (χ3v) is 4.70. The predicted octanol–water partition coefficient (Wildman–Crippen LogP) is 3.96. The summed E-state index contributed by atoms with van der Waals surface area (Å²) in [4.78, 5) is 17.1. The molecule has 0 radical (unpaired) electrons. The van der Waals surface area contributed by atoms with Crippen molar-refractivity contribution in [3.05, 3.63) is 77.9 Å². The van der Waals surface area contributed by atoms with Gasteiger partial charge in [0.15, 0.2) is 11.5 Å². The fourth-order valence-corrected chi connectivity index (χ4v) is 3.14. The third kappa shape index (κ3) is 5.42. The molecule has 1 atom stereocenters. The number of halogens is 2. The molecule has 1 amide bonds. The molecule has 0 saturated heterocycles.